The summed E-state index contributed by atoms with van der Waals surface area (Å²) < 4.78 is 0. The zero-order valence-electron chi connectivity index (χ0n) is 12.2. The molecule has 0 saturated carbocycles. The van der Waals surface area contributed by atoms with Gasteiger partial charge in [0.2, 0.25) is 0 Å². The highest BCUT2D eigenvalue weighted by Gasteiger charge is 2.11. The average Bonchev–Trinajstić information content (AvgIpc) is 2.30. The SMILES string of the molecule is CSCC(C)N(C)c1ccc(CC(C)N)c(C)c1. The minimum Gasteiger partial charge on any atom is -0.371 e. The second kappa shape index (κ2) is 7.05. The number of hydrogen-bond donors (Lipinski definition) is 1. The van der Waals surface area contributed by atoms with Crippen LogP contribution in [0.15, 0.2) is 18.2 Å². The molecule has 102 valence electrons. The molecule has 0 radical (unpaired) electrons. The normalized spacial score (nSPS) is 14.3. The Morgan fingerprint density at radius 2 is 2.00 bits per heavy atom. The maximum absolute atomic E-state index is 5.87. The lowest BCUT2D eigenvalue weighted by Crippen LogP contribution is -2.30. The number of nitrogens with two attached hydrogens (primary N) is 1. The van der Waals surface area contributed by atoms with Crippen LogP contribution in [-0.4, -0.2) is 31.1 Å². The van der Waals surface area contributed by atoms with Crippen molar-refractivity contribution in [2.24, 2.45) is 5.73 Å². The van der Waals surface area contributed by atoms with Gasteiger partial charge in [-0.3, -0.25) is 0 Å². The van der Waals surface area contributed by atoms with Crippen molar-refractivity contribution >= 4 is 17.4 Å². The zero-order chi connectivity index (χ0) is 13.7. The zero-order valence-corrected chi connectivity index (χ0v) is 13.1. The first-order chi connectivity index (χ1) is 8.45. The fourth-order valence-corrected chi connectivity index (χ4v) is 2.79. The molecule has 0 aliphatic rings. The summed E-state index contributed by atoms with van der Waals surface area (Å²) in [6.07, 6.45) is 3.11. The first-order valence-corrected chi connectivity index (χ1v) is 7.92. The van der Waals surface area contributed by atoms with Crippen LogP contribution in [-0.2, 0) is 6.42 Å². The Kier molecular flexibility index (Phi) is 6.03. The second-order valence-electron chi connectivity index (χ2n) is 5.21. The van der Waals surface area contributed by atoms with Crippen molar-refractivity contribution in [1.82, 2.24) is 0 Å². The minimum atomic E-state index is 0.225. The van der Waals surface area contributed by atoms with Gasteiger partial charge in [0.15, 0.2) is 0 Å². The monoisotopic (exact) mass is 266 g/mol. The molecule has 18 heavy (non-hydrogen) atoms. The molecule has 3 heteroatoms. The Morgan fingerprint density at radius 1 is 1.33 bits per heavy atom. The predicted molar refractivity (Wildman–Crippen MR) is 84.8 cm³/mol. The van der Waals surface area contributed by atoms with E-state index in [1.165, 1.54) is 16.8 Å². The van der Waals surface area contributed by atoms with Crippen LogP contribution in [0.4, 0.5) is 5.69 Å². The molecule has 0 aliphatic carbocycles. The molecule has 0 saturated heterocycles. The standard InChI is InChI=1S/C15H26N2S/c1-11-8-15(17(4)13(3)10-18-5)7-6-14(11)9-12(2)16/h6-8,12-13H,9-10,16H2,1-5H3. The molecule has 1 rings (SSSR count). The summed E-state index contributed by atoms with van der Waals surface area (Å²) in [5, 5.41) is 0. The van der Waals surface area contributed by atoms with Crippen molar-refractivity contribution in [1.29, 1.82) is 0 Å². The molecule has 2 unspecified atom stereocenters. The van der Waals surface area contributed by atoms with Gasteiger partial charge in [0, 0.05) is 30.6 Å². The van der Waals surface area contributed by atoms with Crippen LogP contribution in [0.5, 0.6) is 0 Å². The molecule has 0 heterocycles. The molecule has 0 aliphatic heterocycles. The van der Waals surface area contributed by atoms with Crippen molar-refractivity contribution in [3.63, 3.8) is 0 Å². The predicted octanol–water partition coefficient (Wildman–Crippen LogP) is 3.07. The number of thioether (sulfide) groups is 1. The molecular weight excluding hydrogens is 240 g/mol. The van der Waals surface area contributed by atoms with E-state index in [-0.39, 0.29) is 6.04 Å². The van der Waals surface area contributed by atoms with Crippen LogP contribution in [0, 0.1) is 6.92 Å². The van der Waals surface area contributed by atoms with E-state index in [9.17, 15) is 0 Å². The minimum absolute atomic E-state index is 0.225. The van der Waals surface area contributed by atoms with Crippen molar-refractivity contribution in [3.05, 3.63) is 29.3 Å². The number of rotatable bonds is 6. The average molecular weight is 266 g/mol. The molecule has 0 bridgehead atoms. The summed E-state index contributed by atoms with van der Waals surface area (Å²) in [6.45, 7) is 6.50. The summed E-state index contributed by atoms with van der Waals surface area (Å²) in [6, 6.07) is 7.48. The summed E-state index contributed by atoms with van der Waals surface area (Å²) in [7, 11) is 2.17. The van der Waals surface area contributed by atoms with Gasteiger partial charge >= 0.3 is 0 Å². The number of benzene rings is 1. The third kappa shape index (κ3) is 4.21. The van der Waals surface area contributed by atoms with Gasteiger partial charge in [0.1, 0.15) is 0 Å². The van der Waals surface area contributed by atoms with Gasteiger partial charge < -0.3 is 10.6 Å². The van der Waals surface area contributed by atoms with Gasteiger partial charge in [-0.15, -0.1) is 0 Å². The fraction of sp³-hybridized carbons (Fsp3) is 0.600. The Hall–Kier alpha value is -0.670. The lowest BCUT2D eigenvalue weighted by molar-refractivity contribution is 0.733. The molecule has 0 amide bonds. The molecule has 1 aromatic carbocycles. The quantitative estimate of drug-likeness (QED) is 0.858. The molecular formula is C15H26N2S. The Bertz CT molecular complexity index is 377. The van der Waals surface area contributed by atoms with Crippen molar-refractivity contribution in [3.8, 4) is 0 Å². The molecule has 2 atom stereocenters. The van der Waals surface area contributed by atoms with Gasteiger partial charge in [0.25, 0.3) is 0 Å². The number of aryl methyl sites for hydroxylation is 1. The van der Waals surface area contributed by atoms with Crippen LogP contribution in [0.25, 0.3) is 0 Å². The first-order valence-electron chi connectivity index (χ1n) is 6.52. The van der Waals surface area contributed by atoms with Crippen molar-refractivity contribution < 1.29 is 0 Å². The highest BCUT2D eigenvalue weighted by atomic mass is 32.2. The van der Waals surface area contributed by atoms with E-state index >= 15 is 0 Å². The van der Waals surface area contributed by atoms with Gasteiger partial charge in [0.05, 0.1) is 0 Å². The summed E-state index contributed by atoms with van der Waals surface area (Å²) in [4.78, 5) is 2.35. The van der Waals surface area contributed by atoms with E-state index in [2.05, 4.69) is 57.2 Å². The summed E-state index contributed by atoms with van der Waals surface area (Å²) in [5.74, 6) is 1.15. The molecule has 0 fully saturated rings. The molecule has 2 nitrogen and oxygen atoms in total. The molecule has 0 aromatic heterocycles. The van der Waals surface area contributed by atoms with Gasteiger partial charge in [-0.2, -0.15) is 11.8 Å². The molecule has 2 N–H and O–H groups in total. The third-order valence-electron chi connectivity index (χ3n) is 3.34. The fourth-order valence-electron chi connectivity index (χ4n) is 2.08. The summed E-state index contributed by atoms with van der Waals surface area (Å²) in [5.41, 5.74) is 9.86. The highest BCUT2D eigenvalue weighted by Crippen LogP contribution is 2.21. The molecule has 0 spiro atoms. The van der Waals surface area contributed by atoms with Gasteiger partial charge in [-0.1, -0.05) is 6.07 Å². The van der Waals surface area contributed by atoms with Crippen LogP contribution in [0.2, 0.25) is 0 Å². The number of anilines is 1. The van der Waals surface area contributed by atoms with E-state index < -0.39 is 0 Å². The Balaban J connectivity index is 2.83. The largest absolute Gasteiger partial charge is 0.371 e. The van der Waals surface area contributed by atoms with Crippen LogP contribution >= 0.6 is 11.8 Å². The van der Waals surface area contributed by atoms with Gasteiger partial charge in [-0.25, -0.2) is 0 Å². The second-order valence-corrected chi connectivity index (χ2v) is 6.12. The van der Waals surface area contributed by atoms with Crippen LogP contribution < -0.4 is 10.6 Å². The van der Waals surface area contributed by atoms with Crippen molar-refractivity contribution in [2.45, 2.75) is 39.3 Å². The Labute approximate surface area is 116 Å². The maximum Gasteiger partial charge on any atom is 0.0369 e. The molecule has 1 aromatic rings. The van der Waals surface area contributed by atoms with Gasteiger partial charge in [-0.05, 0) is 56.7 Å². The van der Waals surface area contributed by atoms with E-state index in [0.29, 0.717) is 6.04 Å². The topological polar surface area (TPSA) is 29.3 Å². The van der Waals surface area contributed by atoms with Crippen LogP contribution in [0.3, 0.4) is 0 Å². The van der Waals surface area contributed by atoms with E-state index in [1.54, 1.807) is 0 Å². The summed E-state index contributed by atoms with van der Waals surface area (Å²) >= 11 is 1.89. The highest BCUT2D eigenvalue weighted by molar-refractivity contribution is 7.98. The van der Waals surface area contributed by atoms with E-state index in [0.717, 1.165) is 12.2 Å². The lowest BCUT2D eigenvalue weighted by atomic mass is 10.0. The van der Waals surface area contributed by atoms with E-state index in [4.69, 9.17) is 5.73 Å². The lowest BCUT2D eigenvalue weighted by Gasteiger charge is -2.27. The number of nitrogens with zero attached hydrogens (tertiary/aromatic N) is 1. The maximum atomic E-state index is 5.87. The Morgan fingerprint density at radius 3 is 2.50 bits per heavy atom. The van der Waals surface area contributed by atoms with Crippen LogP contribution in [0.1, 0.15) is 25.0 Å². The first kappa shape index (κ1) is 15.4. The number of hydrogen-bond acceptors (Lipinski definition) is 3. The van der Waals surface area contributed by atoms with E-state index in [1.807, 2.05) is 11.8 Å². The smallest absolute Gasteiger partial charge is 0.0369 e. The third-order valence-corrected chi connectivity index (χ3v) is 4.16. The van der Waals surface area contributed by atoms with Crippen molar-refractivity contribution in [2.75, 3.05) is 24.0 Å².